The van der Waals surface area contributed by atoms with Gasteiger partial charge in [0.25, 0.3) is 0 Å². The van der Waals surface area contributed by atoms with Crippen LogP contribution in [0.5, 0.6) is 0 Å². The minimum atomic E-state index is -0.349. The molecule has 0 aromatic carbocycles. The molecule has 0 unspecified atom stereocenters. The van der Waals surface area contributed by atoms with Gasteiger partial charge in [-0.1, -0.05) is 136 Å². The first kappa shape index (κ1) is 33.4. The lowest BCUT2D eigenvalue weighted by Gasteiger charge is -2.26. The van der Waals surface area contributed by atoms with Crippen LogP contribution in [0.15, 0.2) is 0 Å². The molecule has 0 spiro atoms. The Morgan fingerprint density at radius 1 is 0.559 bits per heavy atom. The summed E-state index contributed by atoms with van der Waals surface area (Å²) in [6, 6.07) is -0.349. The van der Waals surface area contributed by atoms with Crippen LogP contribution in [-0.4, -0.2) is 36.5 Å². The highest BCUT2D eigenvalue weighted by Gasteiger charge is 2.20. The third-order valence-corrected chi connectivity index (χ3v) is 7.16. The molecule has 0 radical (unpaired) electrons. The fourth-order valence-corrected chi connectivity index (χ4v) is 4.78. The molecule has 0 fully saturated rings. The maximum absolute atomic E-state index is 13.0. The molecule has 4 nitrogen and oxygen atoms in total. The first-order chi connectivity index (χ1) is 16.7. The van der Waals surface area contributed by atoms with E-state index in [2.05, 4.69) is 18.7 Å². The molecule has 0 saturated heterocycles. The Hall–Kier alpha value is -0.610. The number of nitrogens with zero attached hydrogens (tertiary/aromatic N) is 1. The molecular weight excluding hydrogens is 418 g/mol. The van der Waals surface area contributed by atoms with Gasteiger partial charge in [0.1, 0.15) is 0 Å². The van der Waals surface area contributed by atoms with E-state index in [0.29, 0.717) is 6.54 Å². The van der Waals surface area contributed by atoms with Gasteiger partial charge in [0.2, 0.25) is 5.91 Å². The highest BCUT2D eigenvalue weighted by atomic mass is 16.2. The van der Waals surface area contributed by atoms with Crippen molar-refractivity contribution in [1.82, 2.24) is 4.90 Å². The zero-order valence-electron chi connectivity index (χ0n) is 23.5. The van der Waals surface area contributed by atoms with Gasteiger partial charge < -0.3 is 16.4 Å². The van der Waals surface area contributed by atoms with Gasteiger partial charge in [-0.25, -0.2) is 0 Å². The van der Waals surface area contributed by atoms with Crippen molar-refractivity contribution in [2.24, 2.45) is 11.5 Å². The Labute approximate surface area is 214 Å². The standard InChI is InChI=1S/C30H63N3O/c1-3-5-7-9-11-13-15-17-19-23-27-33(30(34)29(32)25-21-22-26-31)28-24-20-18-16-14-12-10-8-6-4-2/h29H,3-28,31-32H2,1-2H3/t29-/m0/s1. The lowest BCUT2D eigenvalue weighted by atomic mass is 10.0. The molecule has 1 atom stereocenters. The van der Waals surface area contributed by atoms with Gasteiger partial charge in [-0.05, 0) is 32.2 Å². The molecular formula is C30H63N3O. The van der Waals surface area contributed by atoms with Crippen LogP contribution in [-0.2, 0) is 4.79 Å². The molecule has 0 bridgehead atoms. The monoisotopic (exact) mass is 481 g/mol. The summed E-state index contributed by atoms with van der Waals surface area (Å²) in [6.07, 6.45) is 29.2. The van der Waals surface area contributed by atoms with Gasteiger partial charge in [-0.15, -0.1) is 0 Å². The van der Waals surface area contributed by atoms with E-state index < -0.39 is 0 Å². The number of rotatable bonds is 27. The highest BCUT2D eigenvalue weighted by molar-refractivity contribution is 5.81. The third kappa shape index (κ3) is 21.9. The average Bonchev–Trinajstić information content (AvgIpc) is 2.84. The first-order valence-corrected chi connectivity index (χ1v) is 15.4. The van der Waals surface area contributed by atoms with Crippen LogP contribution >= 0.6 is 0 Å². The van der Waals surface area contributed by atoms with E-state index in [0.717, 1.165) is 45.2 Å². The van der Waals surface area contributed by atoms with Crippen LogP contribution in [0.25, 0.3) is 0 Å². The first-order valence-electron chi connectivity index (χ1n) is 15.4. The van der Waals surface area contributed by atoms with Crippen molar-refractivity contribution in [3.63, 3.8) is 0 Å². The van der Waals surface area contributed by atoms with E-state index in [1.807, 2.05) is 0 Å². The third-order valence-electron chi connectivity index (χ3n) is 7.16. The number of hydrogen-bond acceptors (Lipinski definition) is 3. The molecule has 34 heavy (non-hydrogen) atoms. The Morgan fingerprint density at radius 3 is 1.26 bits per heavy atom. The summed E-state index contributed by atoms with van der Waals surface area (Å²) in [5, 5.41) is 0. The van der Waals surface area contributed by atoms with Crippen LogP contribution < -0.4 is 11.5 Å². The predicted octanol–water partition coefficient (Wildman–Crippen LogP) is 8.11. The number of nitrogens with two attached hydrogens (primary N) is 2. The fourth-order valence-electron chi connectivity index (χ4n) is 4.78. The lowest BCUT2D eigenvalue weighted by molar-refractivity contribution is -0.133. The number of amides is 1. The molecule has 0 aliphatic rings. The molecule has 0 aliphatic carbocycles. The van der Waals surface area contributed by atoms with Gasteiger partial charge in [0.05, 0.1) is 6.04 Å². The minimum absolute atomic E-state index is 0.170. The van der Waals surface area contributed by atoms with E-state index in [9.17, 15) is 4.79 Å². The van der Waals surface area contributed by atoms with Crippen LogP contribution in [0.4, 0.5) is 0 Å². The number of carbonyl (C=O) groups is 1. The van der Waals surface area contributed by atoms with E-state index in [1.165, 1.54) is 116 Å². The van der Waals surface area contributed by atoms with Crippen molar-refractivity contribution in [2.45, 2.75) is 168 Å². The maximum Gasteiger partial charge on any atom is 0.239 e. The molecule has 4 N–H and O–H groups in total. The second kappa shape index (κ2) is 27.0. The summed E-state index contributed by atoms with van der Waals surface area (Å²) in [4.78, 5) is 15.1. The average molecular weight is 482 g/mol. The maximum atomic E-state index is 13.0. The van der Waals surface area contributed by atoms with Crippen molar-refractivity contribution in [2.75, 3.05) is 19.6 Å². The summed E-state index contributed by atoms with van der Waals surface area (Å²) in [5.74, 6) is 0.170. The minimum Gasteiger partial charge on any atom is -0.341 e. The van der Waals surface area contributed by atoms with Crippen LogP contribution in [0.1, 0.15) is 162 Å². The van der Waals surface area contributed by atoms with Crippen LogP contribution in [0.2, 0.25) is 0 Å². The summed E-state index contributed by atoms with van der Waals surface area (Å²) in [5.41, 5.74) is 11.9. The Kier molecular flexibility index (Phi) is 26.5. The normalized spacial score (nSPS) is 12.2. The number of carbonyl (C=O) groups excluding carboxylic acids is 1. The van der Waals surface area contributed by atoms with Crippen molar-refractivity contribution < 1.29 is 4.79 Å². The quantitative estimate of drug-likeness (QED) is 0.116. The largest absolute Gasteiger partial charge is 0.341 e. The number of hydrogen-bond donors (Lipinski definition) is 2. The summed E-state index contributed by atoms with van der Waals surface area (Å²) in [6.45, 7) is 7.01. The van der Waals surface area contributed by atoms with Crippen LogP contribution in [0, 0.1) is 0 Å². The SMILES string of the molecule is CCCCCCCCCCCCN(CCCCCCCCCCCC)C(=O)[C@@H](N)CCCCN. The second-order valence-electron chi connectivity index (χ2n) is 10.6. The molecule has 0 aromatic heterocycles. The Balaban J connectivity index is 4.10. The summed E-state index contributed by atoms with van der Waals surface area (Å²) < 4.78 is 0. The van der Waals surface area contributed by atoms with Gasteiger partial charge in [-0.3, -0.25) is 4.79 Å². The summed E-state index contributed by atoms with van der Waals surface area (Å²) in [7, 11) is 0. The van der Waals surface area contributed by atoms with Gasteiger partial charge >= 0.3 is 0 Å². The predicted molar refractivity (Wildman–Crippen MR) is 151 cm³/mol. The van der Waals surface area contributed by atoms with Gasteiger partial charge in [-0.2, -0.15) is 0 Å². The lowest BCUT2D eigenvalue weighted by Crippen LogP contribution is -2.44. The van der Waals surface area contributed by atoms with Gasteiger partial charge in [0, 0.05) is 13.1 Å². The molecule has 0 saturated carbocycles. The zero-order valence-corrected chi connectivity index (χ0v) is 23.5. The Bertz CT molecular complexity index is 392. The fraction of sp³-hybridized carbons (Fsp3) is 0.967. The van der Waals surface area contributed by atoms with Crippen molar-refractivity contribution >= 4 is 5.91 Å². The second-order valence-corrected chi connectivity index (χ2v) is 10.6. The molecule has 0 aliphatic heterocycles. The van der Waals surface area contributed by atoms with Gasteiger partial charge in [0.15, 0.2) is 0 Å². The van der Waals surface area contributed by atoms with Crippen molar-refractivity contribution in [3.05, 3.63) is 0 Å². The Morgan fingerprint density at radius 2 is 0.912 bits per heavy atom. The number of unbranched alkanes of at least 4 members (excludes halogenated alkanes) is 19. The molecule has 0 aromatic rings. The van der Waals surface area contributed by atoms with E-state index in [4.69, 9.17) is 11.5 Å². The molecule has 4 heteroatoms. The smallest absolute Gasteiger partial charge is 0.239 e. The van der Waals surface area contributed by atoms with Crippen molar-refractivity contribution in [1.29, 1.82) is 0 Å². The van der Waals surface area contributed by atoms with E-state index in [1.54, 1.807) is 0 Å². The van der Waals surface area contributed by atoms with E-state index in [-0.39, 0.29) is 11.9 Å². The van der Waals surface area contributed by atoms with E-state index >= 15 is 0 Å². The zero-order chi connectivity index (χ0) is 25.1. The highest BCUT2D eigenvalue weighted by Crippen LogP contribution is 2.14. The van der Waals surface area contributed by atoms with Crippen molar-refractivity contribution in [3.8, 4) is 0 Å². The van der Waals surface area contributed by atoms with Crippen LogP contribution in [0.3, 0.4) is 0 Å². The summed E-state index contributed by atoms with van der Waals surface area (Å²) >= 11 is 0. The molecule has 204 valence electrons. The molecule has 0 heterocycles. The topological polar surface area (TPSA) is 72.3 Å². The molecule has 0 rings (SSSR count). The molecule has 1 amide bonds.